The van der Waals surface area contributed by atoms with Gasteiger partial charge in [-0.3, -0.25) is 4.90 Å². The molecular weight excluding hydrogens is 381 g/mol. The fourth-order valence-corrected chi connectivity index (χ4v) is 4.14. The maximum atomic E-state index is 12.0. The summed E-state index contributed by atoms with van der Waals surface area (Å²) >= 11 is 12.2. The Kier molecular flexibility index (Phi) is 6.83. The van der Waals surface area contributed by atoms with Crippen molar-refractivity contribution in [3.8, 4) is 0 Å². The van der Waals surface area contributed by atoms with E-state index in [9.17, 15) is 5.11 Å². The summed E-state index contributed by atoms with van der Waals surface area (Å²) in [6.07, 6.45) is 0. The third-order valence-electron chi connectivity index (χ3n) is 5.53. The summed E-state index contributed by atoms with van der Waals surface area (Å²) in [5, 5.41) is 13.4. The van der Waals surface area contributed by atoms with Gasteiger partial charge in [0.1, 0.15) is 0 Å². The second kappa shape index (κ2) is 8.93. The standard InChI is InChI=1S/C22H27Cl2NO2/c1-16(2)22(26,18-5-9-20(24)10-6-18)21(15-25-11-13-27-14-12-25)17-3-7-19(23)8-4-17/h3-10,16,21,26H,11-15H2,1-2H3. The summed E-state index contributed by atoms with van der Waals surface area (Å²) < 4.78 is 5.50. The first kappa shape index (κ1) is 20.6. The SMILES string of the molecule is CC(C)C(O)(c1ccc(Cl)cc1)C(CN1CCOCC1)c1ccc(Cl)cc1. The minimum absolute atomic E-state index is 0.0143. The van der Waals surface area contributed by atoms with Gasteiger partial charge in [-0.1, -0.05) is 61.3 Å². The monoisotopic (exact) mass is 407 g/mol. The van der Waals surface area contributed by atoms with Gasteiger partial charge in [-0.25, -0.2) is 0 Å². The van der Waals surface area contributed by atoms with E-state index in [-0.39, 0.29) is 11.8 Å². The molecule has 0 aliphatic carbocycles. The van der Waals surface area contributed by atoms with Crippen LogP contribution in [0.5, 0.6) is 0 Å². The van der Waals surface area contributed by atoms with E-state index in [0.29, 0.717) is 10.0 Å². The molecule has 5 heteroatoms. The number of hydrogen-bond donors (Lipinski definition) is 1. The summed E-state index contributed by atoms with van der Waals surface area (Å²) in [7, 11) is 0. The van der Waals surface area contributed by atoms with Crippen LogP contribution in [0.1, 0.15) is 30.9 Å². The smallest absolute Gasteiger partial charge is 0.0999 e. The summed E-state index contributed by atoms with van der Waals surface area (Å²) in [5.74, 6) is -0.0885. The highest BCUT2D eigenvalue weighted by atomic mass is 35.5. The van der Waals surface area contributed by atoms with Gasteiger partial charge < -0.3 is 9.84 Å². The predicted octanol–water partition coefficient (Wildman–Crippen LogP) is 4.95. The van der Waals surface area contributed by atoms with E-state index >= 15 is 0 Å². The van der Waals surface area contributed by atoms with Gasteiger partial charge in [0.2, 0.25) is 0 Å². The molecule has 27 heavy (non-hydrogen) atoms. The molecule has 1 aliphatic heterocycles. The highest BCUT2D eigenvalue weighted by molar-refractivity contribution is 6.30. The number of halogens is 2. The van der Waals surface area contributed by atoms with Gasteiger partial charge in [-0.2, -0.15) is 0 Å². The van der Waals surface area contributed by atoms with Crippen molar-refractivity contribution in [3.63, 3.8) is 0 Å². The van der Waals surface area contributed by atoms with E-state index in [1.165, 1.54) is 0 Å². The van der Waals surface area contributed by atoms with Gasteiger partial charge in [-0.15, -0.1) is 0 Å². The molecule has 0 bridgehead atoms. The molecule has 0 radical (unpaired) electrons. The van der Waals surface area contributed by atoms with E-state index in [1.807, 2.05) is 48.5 Å². The Morgan fingerprint density at radius 3 is 2.00 bits per heavy atom. The van der Waals surface area contributed by atoms with Gasteiger partial charge >= 0.3 is 0 Å². The van der Waals surface area contributed by atoms with Gasteiger partial charge in [0.05, 0.1) is 18.8 Å². The van der Waals surface area contributed by atoms with Crippen LogP contribution >= 0.6 is 23.2 Å². The molecule has 0 spiro atoms. The zero-order chi connectivity index (χ0) is 19.4. The van der Waals surface area contributed by atoms with Crippen molar-refractivity contribution < 1.29 is 9.84 Å². The molecule has 146 valence electrons. The highest BCUT2D eigenvalue weighted by Crippen LogP contribution is 2.43. The second-order valence-electron chi connectivity index (χ2n) is 7.50. The minimum Gasteiger partial charge on any atom is -0.384 e. The van der Waals surface area contributed by atoms with E-state index in [4.69, 9.17) is 27.9 Å². The average molecular weight is 408 g/mol. The molecule has 0 amide bonds. The fraction of sp³-hybridized carbons (Fsp3) is 0.455. The largest absolute Gasteiger partial charge is 0.384 e. The fourth-order valence-electron chi connectivity index (χ4n) is 3.89. The van der Waals surface area contributed by atoms with Crippen molar-refractivity contribution in [2.45, 2.75) is 25.4 Å². The van der Waals surface area contributed by atoms with E-state index in [0.717, 1.165) is 44.0 Å². The first-order valence-electron chi connectivity index (χ1n) is 9.45. The van der Waals surface area contributed by atoms with Crippen LogP contribution in [0.3, 0.4) is 0 Å². The second-order valence-corrected chi connectivity index (χ2v) is 8.38. The molecule has 1 saturated heterocycles. The lowest BCUT2D eigenvalue weighted by molar-refractivity contribution is -0.0547. The molecule has 2 atom stereocenters. The topological polar surface area (TPSA) is 32.7 Å². The number of nitrogens with zero attached hydrogens (tertiary/aromatic N) is 1. The van der Waals surface area contributed by atoms with Crippen molar-refractivity contribution in [1.29, 1.82) is 0 Å². The average Bonchev–Trinajstić information content (AvgIpc) is 2.67. The van der Waals surface area contributed by atoms with Crippen LogP contribution in [0.25, 0.3) is 0 Å². The molecular formula is C22H27Cl2NO2. The van der Waals surface area contributed by atoms with Crippen molar-refractivity contribution in [2.75, 3.05) is 32.8 Å². The number of benzene rings is 2. The summed E-state index contributed by atoms with van der Waals surface area (Å²) in [4.78, 5) is 2.37. The number of rotatable bonds is 6. The molecule has 2 unspecified atom stereocenters. The highest BCUT2D eigenvalue weighted by Gasteiger charge is 2.43. The zero-order valence-corrected chi connectivity index (χ0v) is 17.4. The molecule has 1 fully saturated rings. The Labute approximate surface area is 171 Å². The quantitative estimate of drug-likeness (QED) is 0.734. The molecule has 3 rings (SSSR count). The normalized spacial score (nSPS) is 19.0. The van der Waals surface area contributed by atoms with E-state index < -0.39 is 5.60 Å². The van der Waals surface area contributed by atoms with Crippen molar-refractivity contribution >= 4 is 23.2 Å². The van der Waals surface area contributed by atoms with Gasteiger partial charge in [0, 0.05) is 35.6 Å². The maximum absolute atomic E-state index is 12.0. The molecule has 1 N–H and O–H groups in total. The molecule has 2 aromatic carbocycles. The predicted molar refractivity (Wildman–Crippen MR) is 112 cm³/mol. The van der Waals surface area contributed by atoms with Crippen LogP contribution in [0.4, 0.5) is 0 Å². The Bertz CT molecular complexity index is 727. The third-order valence-corrected chi connectivity index (χ3v) is 6.04. The Hall–Kier alpha value is -1.10. The number of hydrogen-bond acceptors (Lipinski definition) is 3. The molecule has 0 saturated carbocycles. The van der Waals surface area contributed by atoms with Crippen LogP contribution in [-0.4, -0.2) is 42.9 Å². The van der Waals surface area contributed by atoms with Crippen molar-refractivity contribution in [3.05, 3.63) is 69.7 Å². The van der Waals surface area contributed by atoms with Crippen LogP contribution in [0.2, 0.25) is 10.0 Å². The summed E-state index contributed by atoms with van der Waals surface area (Å²) in [5.41, 5.74) is 0.934. The first-order valence-corrected chi connectivity index (χ1v) is 10.2. The Morgan fingerprint density at radius 2 is 1.48 bits per heavy atom. The minimum atomic E-state index is -1.03. The van der Waals surface area contributed by atoms with Crippen LogP contribution in [0.15, 0.2) is 48.5 Å². The van der Waals surface area contributed by atoms with E-state index in [2.05, 4.69) is 18.7 Å². The molecule has 0 aromatic heterocycles. The number of ether oxygens (including phenoxy) is 1. The van der Waals surface area contributed by atoms with Crippen molar-refractivity contribution in [2.24, 2.45) is 5.92 Å². The van der Waals surface area contributed by atoms with Crippen LogP contribution in [0, 0.1) is 5.92 Å². The lowest BCUT2D eigenvalue weighted by Crippen LogP contribution is -2.47. The van der Waals surface area contributed by atoms with Crippen LogP contribution in [-0.2, 0) is 10.3 Å². The third kappa shape index (κ3) is 4.67. The summed E-state index contributed by atoms with van der Waals surface area (Å²) in [6, 6.07) is 15.4. The molecule has 1 heterocycles. The first-order chi connectivity index (χ1) is 12.9. The Balaban J connectivity index is 2.03. The molecule has 2 aromatic rings. The number of morpholine rings is 1. The molecule has 3 nitrogen and oxygen atoms in total. The molecule has 1 aliphatic rings. The van der Waals surface area contributed by atoms with Crippen molar-refractivity contribution in [1.82, 2.24) is 4.90 Å². The Morgan fingerprint density at radius 1 is 0.963 bits per heavy atom. The lowest BCUT2D eigenvalue weighted by atomic mass is 9.70. The van der Waals surface area contributed by atoms with Gasteiger partial charge in [0.25, 0.3) is 0 Å². The zero-order valence-electron chi connectivity index (χ0n) is 15.9. The maximum Gasteiger partial charge on any atom is 0.0999 e. The van der Waals surface area contributed by atoms with E-state index in [1.54, 1.807) is 0 Å². The number of aliphatic hydroxyl groups is 1. The lowest BCUT2D eigenvalue weighted by Gasteiger charge is -2.43. The van der Waals surface area contributed by atoms with Gasteiger partial charge in [-0.05, 0) is 41.3 Å². The summed E-state index contributed by atoms with van der Waals surface area (Å²) in [6.45, 7) is 8.09. The van der Waals surface area contributed by atoms with Gasteiger partial charge in [0.15, 0.2) is 0 Å². The van der Waals surface area contributed by atoms with Crippen LogP contribution < -0.4 is 0 Å².